The maximum Gasteiger partial charge on any atom is 0.245 e. The summed E-state index contributed by atoms with van der Waals surface area (Å²) in [6, 6.07) is 4.30. The molecule has 5 nitrogen and oxygen atoms in total. The Balaban J connectivity index is 2.78. The van der Waals surface area contributed by atoms with E-state index in [2.05, 4.69) is 0 Å². The molecule has 0 aromatic heterocycles. The van der Waals surface area contributed by atoms with Gasteiger partial charge in [-0.25, -0.2) is 8.42 Å². The standard InChI is InChI=1S/C14H17NO4S/c1-8(2)15-12-6-5-11(9(3)16)7-13(12)20(18,19)10(4)14(15)17/h5-8,10H,1-4H3. The molecule has 0 fully saturated rings. The van der Waals surface area contributed by atoms with Crippen LogP contribution in [0.2, 0.25) is 0 Å². The van der Waals surface area contributed by atoms with Crippen molar-refractivity contribution >= 4 is 27.2 Å². The second kappa shape index (κ2) is 4.70. The van der Waals surface area contributed by atoms with Crippen molar-refractivity contribution in [3.63, 3.8) is 0 Å². The first kappa shape index (κ1) is 14.7. The molecule has 0 radical (unpaired) electrons. The fourth-order valence-electron chi connectivity index (χ4n) is 2.33. The minimum Gasteiger partial charge on any atom is -0.307 e. The molecule has 1 aliphatic rings. The van der Waals surface area contributed by atoms with Gasteiger partial charge >= 0.3 is 0 Å². The van der Waals surface area contributed by atoms with Gasteiger partial charge in [0.25, 0.3) is 0 Å². The number of sulfone groups is 1. The number of hydrogen-bond acceptors (Lipinski definition) is 4. The zero-order valence-corrected chi connectivity index (χ0v) is 12.7. The van der Waals surface area contributed by atoms with E-state index in [0.29, 0.717) is 11.3 Å². The van der Waals surface area contributed by atoms with Gasteiger partial charge in [0.2, 0.25) is 5.91 Å². The number of carbonyl (C=O) groups is 2. The van der Waals surface area contributed by atoms with Crippen molar-refractivity contribution in [2.45, 2.75) is 43.9 Å². The van der Waals surface area contributed by atoms with E-state index in [-0.39, 0.29) is 16.7 Å². The lowest BCUT2D eigenvalue weighted by molar-refractivity contribution is -0.118. The van der Waals surface area contributed by atoms with Crippen molar-refractivity contribution in [1.82, 2.24) is 0 Å². The van der Waals surface area contributed by atoms with Gasteiger partial charge in [0.1, 0.15) is 5.25 Å². The van der Waals surface area contributed by atoms with Crippen LogP contribution in [0.1, 0.15) is 38.1 Å². The van der Waals surface area contributed by atoms with Gasteiger partial charge in [0.05, 0.1) is 10.6 Å². The molecule has 0 saturated carbocycles. The molecule has 20 heavy (non-hydrogen) atoms. The first-order valence-corrected chi connectivity index (χ1v) is 7.94. The SMILES string of the molecule is CC(=O)c1ccc2c(c1)S(=O)(=O)C(C)C(=O)N2C(C)C. The summed E-state index contributed by atoms with van der Waals surface area (Å²) in [5.41, 5.74) is 0.686. The van der Waals surface area contributed by atoms with E-state index in [1.54, 1.807) is 6.07 Å². The number of benzene rings is 1. The van der Waals surface area contributed by atoms with Crippen LogP contribution in [0.25, 0.3) is 0 Å². The Morgan fingerprint density at radius 3 is 2.40 bits per heavy atom. The maximum atomic E-state index is 12.4. The lowest BCUT2D eigenvalue weighted by atomic mass is 10.1. The molecule has 1 unspecified atom stereocenters. The van der Waals surface area contributed by atoms with E-state index in [1.165, 1.54) is 30.9 Å². The van der Waals surface area contributed by atoms with Crippen LogP contribution in [0, 0.1) is 0 Å². The molecule has 0 aliphatic carbocycles. The summed E-state index contributed by atoms with van der Waals surface area (Å²) in [7, 11) is -3.74. The first-order chi connectivity index (χ1) is 9.17. The molecule has 1 aromatic carbocycles. The smallest absolute Gasteiger partial charge is 0.245 e. The number of Topliss-reactive ketones (excluding diaryl/α,β-unsaturated/α-hetero) is 1. The molecule has 1 heterocycles. The van der Waals surface area contributed by atoms with Crippen LogP contribution in [0.15, 0.2) is 23.1 Å². The van der Waals surface area contributed by atoms with Gasteiger partial charge in [-0.15, -0.1) is 0 Å². The van der Waals surface area contributed by atoms with Crippen molar-refractivity contribution in [2.75, 3.05) is 4.90 Å². The van der Waals surface area contributed by atoms with E-state index in [4.69, 9.17) is 0 Å². The molecule has 0 saturated heterocycles. The molecule has 1 atom stereocenters. The van der Waals surface area contributed by atoms with Gasteiger partial charge in [-0.1, -0.05) is 0 Å². The lowest BCUT2D eigenvalue weighted by Gasteiger charge is -2.35. The molecule has 0 bridgehead atoms. The van der Waals surface area contributed by atoms with Gasteiger partial charge in [-0.05, 0) is 45.9 Å². The highest BCUT2D eigenvalue weighted by Crippen LogP contribution is 2.36. The number of anilines is 1. The van der Waals surface area contributed by atoms with E-state index in [9.17, 15) is 18.0 Å². The van der Waals surface area contributed by atoms with Crippen molar-refractivity contribution in [1.29, 1.82) is 0 Å². The minimum atomic E-state index is -3.74. The molecule has 2 rings (SSSR count). The summed E-state index contributed by atoms with van der Waals surface area (Å²) in [4.78, 5) is 25.2. The summed E-state index contributed by atoms with van der Waals surface area (Å²) in [6.07, 6.45) is 0. The van der Waals surface area contributed by atoms with Crippen LogP contribution in [-0.4, -0.2) is 31.4 Å². The first-order valence-electron chi connectivity index (χ1n) is 6.40. The Morgan fingerprint density at radius 1 is 1.30 bits per heavy atom. The third-order valence-corrected chi connectivity index (χ3v) is 5.57. The summed E-state index contributed by atoms with van der Waals surface area (Å²) in [5, 5.41) is -1.13. The normalized spacial score (nSPS) is 20.9. The van der Waals surface area contributed by atoms with Gasteiger partial charge in [0.15, 0.2) is 15.6 Å². The highest BCUT2D eigenvalue weighted by molar-refractivity contribution is 7.93. The Hall–Kier alpha value is -1.69. The number of amides is 1. The van der Waals surface area contributed by atoms with Gasteiger partial charge in [0, 0.05) is 11.6 Å². The van der Waals surface area contributed by atoms with Crippen molar-refractivity contribution in [3.8, 4) is 0 Å². The van der Waals surface area contributed by atoms with E-state index in [1.807, 2.05) is 13.8 Å². The summed E-state index contributed by atoms with van der Waals surface area (Å²) < 4.78 is 24.8. The molecule has 1 aliphatic heterocycles. The van der Waals surface area contributed by atoms with Gasteiger partial charge in [-0.3, -0.25) is 9.59 Å². The molecule has 0 spiro atoms. The quantitative estimate of drug-likeness (QED) is 0.780. The maximum absolute atomic E-state index is 12.4. The predicted octanol–water partition coefficient (Wildman–Crippen LogP) is 1.81. The zero-order chi connectivity index (χ0) is 15.2. The van der Waals surface area contributed by atoms with Crippen molar-refractivity contribution in [3.05, 3.63) is 23.8 Å². The van der Waals surface area contributed by atoms with Crippen LogP contribution in [0.4, 0.5) is 5.69 Å². The molecule has 1 aromatic rings. The monoisotopic (exact) mass is 295 g/mol. The highest BCUT2D eigenvalue weighted by Gasteiger charge is 2.42. The molecule has 0 N–H and O–H groups in total. The number of fused-ring (bicyclic) bond motifs is 1. The Labute approximate surface area is 118 Å². The number of ketones is 1. The van der Waals surface area contributed by atoms with Crippen LogP contribution < -0.4 is 4.90 Å². The van der Waals surface area contributed by atoms with E-state index in [0.717, 1.165) is 0 Å². The lowest BCUT2D eigenvalue weighted by Crippen LogP contribution is -2.49. The molecule has 6 heteroatoms. The zero-order valence-electron chi connectivity index (χ0n) is 11.9. The number of rotatable bonds is 2. The molecule has 108 valence electrons. The van der Waals surface area contributed by atoms with Gasteiger partial charge < -0.3 is 4.90 Å². The number of hydrogen-bond donors (Lipinski definition) is 0. The topological polar surface area (TPSA) is 71.5 Å². The minimum absolute atomic E-state index is 0.0611. The van der Waals surface area contributed by atoms with E-state index >= 15 is 0 Å². The molecular formula is C14H17NO4S. The molecular weight excluding hydrogens is 278 g/mol. The second-order valence-corrected chi connectivity index (χ2v) is 7.46. The second-order valence-electron chi connectivity index (χ2n) is 5.23. The third-order valence-electron chi connectivity index (χ3n) is 3.50. The number of nitrogens with zero attached hydrogens (tertiary/aromatic N) is 1. The fourth-order valence-corrected chi connectivity index (χ4v) is 3.84. The van der Waals surface area contributed by atoms with Crippen LogP contribution >= 0.6 is 0 Å². The summed E-state index contributed by atoms with van der Waals surface area (Å²) in [6.45, 7) is 6.42. The average Bonchev–Trinajstić information content (AvgIpc) is 2.36. The van der Waals surface area contributed by atoms with E-state index < -0.39 is 21.0 Å². The average molecular weight is 295 g/mol. The fraction of sp³-hybridized carbons (Fsp3) is 0.429. The molecule has 1 amide bonds. The van der Waals surface area contributed by atoms with Crippen molar-refractivity contribution < 1.29 is 18.0 Å². The van der Waals surface area contributed by atoms with Crippen molar-refractivity contribution in [2.24, 2.45) is 0 Å². The summed E-state index contributed by atoms with van der Waals surface area (Å²) in [5.74, 6) is -0.633. The van der Waals surface area contributed by atoms with Crippen LogP contribution in [-0.2, 0) is 14.6 Å². The van der Waals surface area contributed by atoms with Gasteiger partial charge in [-0.2, -0.15) is 0 Å². The Kier molecular flexibility index (Phi) is 3.46. The predicted molar refractivity (Wildman–Crippen MR) is 75.7 cm³/mol. The number of carbonyl (C=O) groups excluding carboxylic acids is 2. The summed E-state index contributed by atoms with van der Waals surface area (Å²) >= 11 is 0. The van der Waals surface area contributed by atoms with Crippen LogP contribution in [0.3, 0.4) is 0 Å². The van der Waals surface area contributed by atoms with Crippen LogP contribution in [0.5, 0.6) is 0 Å². The highest BCUT2D eigenvalue weighted by atomic mass is 32.2. The third kappa shape index (κ3) is 2.04. The Bertz CT molecular complexity index is 691. The Morgan fingerprint density at radius 2 is 1.90 bits per heavy atom. The largest absolute Gasteiger partial charge is 0.307 e.